The van der Waals surface area contributed by atoms with Crippen molar-refractivity contribution in [2.75, 3.05) is 36.1 Å². The van der Waals surface area contributed by atoms with Gasteiger partial charge in [-0.15, -0.1) is 0 Å². The van der Waals surface area contributed by atoms with Crippen LogP contribution in [0.5, 0.6) is 0 Å². The Labute approximate surface area is 117 Å². The number of nitrogens with one attached hydrogen (secondary N) is 2. The summed E-state index contributed by atoms with van der Waals surface area (Å²) in [5.74, 6) is 1.65. The van der Waals surface area contributed by atoms with Crippen LogP contribution in [0.1, 0.15) is 13.8 Å². The van der Waals surface area contributed by atoms with Gasteiger partial charge in [0.1, 0.15) is 17.7 Å². The molecule has 2 N–H and O–H groups in total. The van der Waals surface area contributed by atoms with Crippen LogP contribution in [0.15, 0.2) is 11.2 Å². The first kappa shape index (κ1) is 13.9. The van der Waals surface area contributed by atoms with Crippen LogP contribution in [0.3, 0.4) is 0 Å². The number of nitrogens with zero attached hydrogens (tertiary/aromatic N) is 3. The quantitative estimate of drug-likeness (QED) is 0.633. The van der Waals surface area contributed by atoms with Crippen LogP contribution >= 0.6 is 11.8 Å². The molecule has 0 radical (unpaired) electrons. The maximum atomic E-state index is 11.7. The highest BCUT2D eigenvalue weighted by molar-refractivity contribution is 7.98. The van der Waals surface area contributed by atoms with E-state index in [0.29, 0.717) is 11.7 Å². The first-order valence-corrected chi connectivity index (χ1v) is 7.59. The zero-order valence-electron chi connectivity index (χ0n) is 11.4. The Bertz CT molecular complexity index is 467. The molecule has 1 atom stereocenters. The van der Waals surface area contributed by atoms with E-state index in [1.807, 2.05) is 31.1 Å². The first-order valence-electron chi connectivity index (χ1n) is 6.37. The molecule has 2 rings (SSSR count). The van der Waals surface area contributed by atoms with Gasteiger partial charge in [0.05, 0.1) is 0 Å². The predicted molar refractivity (Wildman–Crippen MR) is 77.8 cm³/mol. The summed E-state index contributed by atoms with van der Waals surface area (Å²) in [6, 6.07) is 1.70. The number of piperazine rings is 1. The maximum Gasteiger partial charge on any atom is 0.242 e. The Morgan fingerprint density at radius 1 is 1.58 bits per heavy atom. The van der Waals surface area contributed by atoms with Crippen molar-refractivity contribution in [2.45, 2.75) is 25.0 Å². The fourth-order valence-electron chi connectivity index (χ4n) is 2.02. The number of hydrogen-bond acceptors (Lipinski definition) is 6. The highest BCUT2D eigenvalue weighted by Gasteiger charge is 2.27. The van der Waals surface area contributed by atoms with Crippen LogP contribution in [-0.2, 0) is 4.79 Å². The lowest BCUT2D eigenvalue weighted by atomic mass is 10.2. The van der Waals surface area contributed by atoms with Crippen LogP contribution in [0.25, 0.3) is 0 Å². The molecular formula is C12H19N5OS. The third-order valence-electron chi connectivity index (χ3n) is 3.03. The van der Waals surface area contributed by atoms with Gasteiger partial charge in [-0.3, -0.25) is 4.79 Å². The van der Waals surface area contributed by atoms with Gasteiger partial charge in [0, 0.05) is 25.7 Å². The second-order valence-electron chi connectivity index (χ2n) is 4.29. The third kappa shape index (κ3) is 3.09. The molecule has 1 aliphatic rings. The van der Waals surface area contributed by atoms with Gasteiger partial charge >= 0.3 is 0 Å². The standard InChI is InChI=1S/C12H19N5OS/c1-4-13-9-7-10(16-12(15-9)19-3)17-6-5-14-11(18)8(17)2/h7-8H,4-6H2,1-3H3,(H,14,18)(H,13,15,16). The minimum atomic E-state index is -0.201. The molecule has 6 nitrogen and oxygen atoms in total. The molecule has 0 aromatic carbocycles. The van der Waals surface area contributed by atoms with Crippen LogP contribution < -0.4 is 15.5 Å². The van der Waals surface area contributed by atoms with E-state index >= 15 is 0 Å². The number of rotatable bonds is 4. The van der Waals surface area contributed by atoms with Crippen molar-refractivity contribution in [3.05, 3.63) is 6.07 Å². The average molecular weight is 281 g/mol. The average Bonchev–Trinajstić information content (AvgIpc) is 2.42. The van der Waals surface area contributed by atoms with E-state index in [2.05, 4.69) is 20.6 Å². The molecule has 1 unspecified atom stereocenters. The summed E-state index contributed by atoms with van der Waals surface area (Å²) in [4.78, 5) is 22.6. The summed E-state index contributed by atoms with van der Waals surface area (Å²) in [5.41, 5.74) is 0. The van der Waals surface area contributed by atoms with Crippen molar-refractivity contribution in [3.63, 3.8) is 0 Å². The van der Waals surface area contributed by atoms with Gasteiger partial charge in [0.2, 0.25) is 5.91 Å². The number of thioether (sulfide) groups is 1. The molecule has 1 aliphatic heterocycles. The molecule has 7 heteroatoms. The number of hydrogen-bond donors (Lipinski definition) is 2. The summed E-state index contributed by atoms with van der Waals surface area (Å²) in [6.45, 7) is 6.14. The van der Waals surface area contributed by atoms with E-state index in [-0.39, 0.29) is 11.9 Å². The molecule has 1 saturated heterocycles. The van der Waals surface area contributed by atoms with Gasteiger partial charge in [0.15, 0.2) is 5.16 Å². The fraction of sp³-hybridized carbons (Fsp3) is 0.583. The lowest BCUT2D eigenvalue weighted by molar-refractivity contribution is -0.122. The molecule has 1 aromatic rings. The molecule has 1 amide bonds. The van der Waals surface area contributed by atoms with Gasteiger partial charge in [0.25, 0.3) is 0 Å². The SMILES string of the molecule is CCNc1cc(N2CCNC(=O)C2C)nc(SC)n1. The minimum absolute atomic E-state index is 0.0422. The third-order valence-corrected chi connectivity index (χ3v) is 3.57. The zero-order valence-corrected chi connectivity index (χ0v) is 12.3. The number of aromatic nitrogens is 2. The maximum absolute atomic E-state index is 11.7. The van der Waals surface area contributed by atoms with Crippen LogP contribution in [-0.4, -0.2) is 47.8 Å². The number of amides is 1. The molecule has 1 aromatic heterocycles. The van der Waals surface area contributed by atoms with E-state index in [4.69, 9.17) is 0 Å². The zero-order chi connectivity index (χ0) is 13.8. The Morgan fingerprint density at radius 2 is 2.37 bits per heavy atom. The highest BCUT2D eigenvalue weighted by Crippen LogP contribution is 2.22. The normalized spacial score (nSPS) is 19.2. The van der Waals surface area contributed by atoms with Crippen molar-refractivity contribution in [2.24, 2.45) is 0 Å². The summed E-state index contributed by atoms with van der Waals surface area (Å²) in [7, 11) is 0. The molecule has 0 aliphatic carbocycles. The molecule has 0 bridgehead atoms. The van der Waals surface area contributed by atoms with Gasteiger partial charge in [-0.1, -0.05) is 11.8 Å². The van der Waals surface area contributed by atoms with Crippen molar-refractivity contribution in [1.82, 2.24) is 15.3 Å². The van der Waals surface area contributed by atoms with E-state index in [1.165, 1.54) is 11.8 Å². The van der Waals surface area contributed by atoms with Gasteiger partial charge in [-0.05, 0) is 20.1 Å². The highest BCUT2D eigenvalue weighted by atomic mass is 32.2. The predicted octanol–water partition coefficient (Wildman–Crippen LogP) is 0.955. The Hall–Kier alpha value is -1.50. The number of anilines is 2. The Morgan fingerprint density at radius 3 is 3.05 bits per heavy atom. The topological polar surface area (TPSA) is 70.2 Å². The number of carbonyl (C=O) groups is 1. The van der Waals surface area contributed by atoms with E-state index < -0.39 is 0 Å². The van der Waals surface area contributed by atoms with Crippen molar-refractivity contribution in [3.8, 4) is 0 Å². The van der Waals surface area contributed by atoms with Crippen molar-refractivity contribution >= 4 is 29.3 Å². The first-order chi connectivity index (χ1) is 9.15. The second kappa shape index (κ2) is 6.10. The molecular weight excluding hydrogens is 262 g/mol. The Kier molecular flexibility index (Phi) is 4.47. The smallest absolute Gasteiger partial charge is 0.242 e. The molecule has 0 saturated carbocycles. The van der Waals surface area contributed by atoms with Crippen LogP contribution in [0.2, 0.25) is 0 Å². The van der Waals surface area contributed by atoms with Gasteiger partial charge in [-0.2, -0.15) is 0 Å². The Balaban J connectivity index is 2.31. The summed E-state index contributed by atoms with van der Waals surface area (Å²) in [5, 5.41) is 6.77. The van der Waals surface area contributed by atoms with Crippen LogP contribution in [0.4, 0.5) is 11.6 Å². The molecule has 104 valence electrons. The molecule has 0 spiro atoms. The largest absolute Gasteiger partial charge is 0.370 e. The summed E-state index contributed by atoms with van der Waals surface area (Å²) < 4.78 is 0. The van der Waals surface area contributed by atoms with E-state index in [9.17, 15) is 4.79 Å². The fourth-order valence-corrected chi connectivity index (χ4v) is 2.39. The summed E-state index contributed by atoms with van der Waals surface area (Å²) >= 11 is 1.50. The minimum Gasteiger partial charge on any atom is -0.370 e. The van der Waals surface area contributed by atoms with E-state index in [1.54, 1.807) is 0 Å². The van der Waals surface area contributed by atoms with Crippen molar-refractivity contribution < 1.29 is 4.79 Å². The molecule has 1 fully saturated rings. The van der Waals surface area contributed by atoms with Gasteiger partial charge < -0.3 is 15.5 Å². The monoisotopic (exact) mass is 281 g/mol. The number of carbonyl (C=O) groups excluding carboxylic acids is 1. The molecule has 19 heavy (non-hydrogen) atoms. The van der Waals surface area contributed by atoms with E-state index in [0.717, 1.165) is 24.7 Å². The lowest BCUT2D eigenvalue weighted by Gasteiger charge is -2.33. The van der Waals surface area contributed by atoms with Crippen molar-refractivity contribution in [1.29, 1.82) is 0 Å². The van der Waals surface area contributed by atoms with Gasteiger partial charge in [-0.25, -0.2) is 9.97 Å². The lowest BCUT2D eigenvalue weighted by Crippen LogP contribution is -2.54. The second-order valence-corrected chi connectivity index (χ2v) is 5.06. The molecule has 2 heterocycles. The van der Waals surface area contributed by atoms with Crippen LogP contribution in [0, 0.1) is 0 Å². The summed E-state index contributed by atoms with van der Waals surface area (Å²) in [6.07, 6.45) is 1.95.